The van der Waals surface area contributed by atoms with E-state index in [1.165, 1.54) is 0 Å². The molecule has 0 aliphatic carbocycles. The zero-order chi connectivity index (χ0) is 13.0. The van der Waals surface area contributed by atoms with E-state index in [2.05, 4.69) is 4.74 Å². The van der Waals surface area contributed by atoms with Crippen molar-refractivity contribution in [2.75, 3.05) is 33.0 Å². The average Bonchev–Trinajstić information content (AvgIpc) is 2.78. The molecule has 0 aromatic rings. The van der Waals surface area contributed by atoms with Gasteiger partial charge in [-0.25, -0.2) is 9.59 Å². The highest BCUT2D eigenvalue weighted by molar-refractivity contribution is 5.61. The van der Waals surface area contributed by atoms with Crippen LogP contribution in [0.3, 0.4) is 0 Å². The lowest BCUT2D eigenvalue weighted by molar-refractivity contribution is -0.101. The molecule has 0 radical (unpaired) electrons. The molecule has 0 saturated carbocycles. The van der Waals surface area contributed by atoms with Crippen molar-refractivity contribution in [2.45, 2.75) is 19.4 Å². The fourth-order valence-corrected chi connectivity index (χ4v) is 1.75. The van der Waals surface area contributed by atoms with Crippen LogP contribution in [0.15, 0.2) is 0 Å². The van der Waals surface area contributed by atoms with Crippen molar-refractivity contribution < 1.29 is 33.3 Å². The fourth-order valence-electron chi connectivity index (χ4n) is 1.75. The van der Waals surface area contributed by atoms with E-state index in [1.54, 1.807) is 0 Å². The van der Waals surface area contributed by atoms with Crippen LogP contribution in [0.25, 0.3) is 0 Å². The minimum Gasteiger partial charge on any atom is -0.433 e. The van der Waals surface area contributed by atoms with E-state index in [1.807, 2.05) is 6.92 Å². The Morgan fingerprint density at radius 3 is 2.50 bits per heavy atom. The van der Waals surface area contributed by atoms with Crippen LogP contribution in [-0.4, -0.2) is 51.4 Å². The molecule has 2 fully saturated rings. The SMILES string of the molecule is CCC1(COCC2COC(=O)O2)COC(=O)OC1. The smallest absolute Gasteiger partial charge is 0.433 e. The van der Waals surface area contributed by atoms with Crippen LogP contribution in [0, 0.1) is 5.41 Å². The molecule has 2 aliphatic rings. The monoisotopic (exact) mass is 260 g/mol. The van der Waals surface area contributed by atoms with Crippen LogP contribution in [-0.2, 0) is 23.7 Å². The molecule has 18 heavy (non-hydrogen) atoms. The Balaban J connectivity index is 1.73. The molecular weight excluding hydrogens is 244 g/mol. The Hall–Kier alpha value is -1.50. The van der Waals surface area contributed by atoms with Gasteiger partial charge in [0.25, 0.3) is 0 Å². The van der Waals surface area contributed by atoms with Gasteiger partial charge in [0.15, 0.2) is 6.10 Å². The molecule has 0 spiro atoms. The Morgan fingerprint density at radius 2 is 1.94 bits per heavy atom. The number of hydrogen-bond acceptors (Lipinski definition) is 7. The topological polar surface area (TPSA) is 80.3 Å². The van der Waals surface area contributed by atoms with Gasteiger partial charge in [0, 0.05) is 0 Å². The van der Waals surface area contributed by atoms with Crippen molar-refractivity contribution in [2.24, 2.45) is 5.41 Å². The first-order valence-corrected chi connectivity index (χ1v) is 5.84. The summed E-state index contributed by atoms with van der Waals surface area (Å²) in [4.78, 5) is 21.5. The van der Waals surface area contributed by atoms with Crippen LogP contribution in [0.5, 0.6) is 0 Å². The summed E-state index contributed by atoms with van der Waals surface area (Å²) in [6.45, 7) is 3.40. The van der Waals surface area contributed by atoms with E-state index >= 15 is 0 Å². The van der Waals surface area contributed by atoms with Gasteiger partial charge in [0.2, 0.25) is 0 Å². The van der Waals surface area contributed by atoms with Crippen molar-refractivity contribution in [1.82, 2.24) is 0 Å². The summed E-state index contributed by atoms with van der Waals surface area (Å²) < 4.78 is 24.7. The summed E-state index contributed by atoms with van der Waals surface area (Å²) in [6.07, 6.45) is -0.902. The van der Waals surface area contributed by atoms with Crippen LogP contribution < -0.4 is 0 Å². The molecule has 0 bridgehead atoms. The number of ether oxygens (including phenoxy) is 5. The first-order valence-electron chi connectivity index (χ1n) is 5.84. The van der Waals surface area contributed by atoms with Gasteiger partial charge in [0.1, 0.15) is 19.8 Å². The third-order valence-electron chi connectivity index (χ3n) is 3.10. The predicted octanol–water partition coefficient (Wildman–Crippen LogP) is 1.10. The van der Waals surface area contributed by atoms with Gasteiger partial charge in [-0.2, -0.15) is 0 Å². The highest BCUT2D eigenvalue weighted by Crippen LogP contribution is 2.27. The van der Waals surface area contributed by atoms with E-state index in [0.29, 0.717) is 6.61 Å². The molecule has 7 nitrogen and oxygen atoms in total. The van der Waals surface area contributed by atoms with Crippen molar-refractivity contribution in [1.29, 1.82) is 0 Å². The Kier molecular flexibility index (Phi) is 3.90. The first-order chi connectivity index (χ1) is 8.63. The van der Waals surface area contributed by atoms with Gasteiger partial charge in [0.05, 0.1) is 18.6 Å². The number of carbonyl (C=O) groups is 2. The molecular formula is C11H16O7. The first kappa shape index (κ1) is 12.9. The second-order valence-corrected chi connectivity index (χ2v) is 4.50. The average molecular weight is 260 g/mol. The number of rotatable bonds is 5. The number of cyclic esters (lactones) is 4. The molecule has 2 rings (SSSR count). The van der Waals surface area contributed by atoms with Gasteiger partial charge in [-0.1, -0.05) is 6.92 Å². The van der Waals surface area contributed by atoms with E-state index < -0.39 is 12.3 Å². The molecule has 0 aromatic heterocycles. The highest BCUT2D eigenvalue weighted by atomic mass is 16.8. The molecule has 2 aliphatic heterocycles. The molecule has 102 valence electrons. The normalized spacial score (nSPS) is 25.9. The number of hydrogen-bond donors (Lipinski definition) is 0. The van der Waals surface area contributed by atoms with Gasteiger partial charge in [-0.3, -0.25) is 0 Å². The predicted molar refractivity (Wildman–Crippen MR) is 57.1 cm³/mol. The van der Waals surface area contributed by atoms with Crippen molar-refractivity contribution >= 4 is 12.3 Å². The molecule has 1 unspecified atom stereocenters. The summed E-state index contributed by atoms with van der Waals surface area (Å²) in [7, 11) is 0. The van der Waals surface area contributed by atoms with E-state index in [0.717, 1.165) is 6.42 Å². The van der Waals surface area contributed by atoms with Crippen molar-refractivity contribution in [3.63, 3.8) is 0 Å². The number of carbonyl (C=O) groups excluding carboxylic acids is 2. The van der Waals surface area contributed by atoms with Gasteiger partial charge >= 0.3 is 12.3 Å². The highest BCUT2D eigenvalue weighted by Gasteiger charge is 2.37. The van der Waals surface area contributed by atoms with E-state index in [-0.39, 0.29) is 37.9 Å². The summed E-state index contributed by atoms with van der Waals surface area (Å²) in [5.74, 6) is 0. The zero-order valence-electron chi connectivity index (χ0n) is 10.2. The van der Waals surface area contributed by atoms with Crippen LogP contribution in [0.2, 0.25) is 0 Å². The third kappa shape index (κ3) is 3.04. The van der Waals surface area contributed by atoms with Gasteiger partial charge in [-0.15, -0.1) is 0 Å². The standard InChI is InChI=1S/C11H16O7/c1-2-11(6-16-9(12)17-7-11)5-14-3-8-4-15-10(13)18-8/h8H,2-7H2,1H3. The minimum absolute atomic E-state index is 0.212. The maximum Gasteiger partial charge on any atom is 0.508 e. The maximum atomic E-state index is 10.8. The molecule has 0 aromatic carbocycles. The van der Waals surface area contributed by atoms with E-state index in [9.17, 15) is 9.59 Å². The summed E-state index contributed by atoms with van der Waals surface area (Å²) in [5, 5.41) is 0. The van der Waals surface area contributed by atoms with E-state index in [4.69, 9.17) is 18.9 Å². The van der Waals surface area contributed by atoms with Crippen LogP contribution >= 0.6 is 0 Å². The largest absolute Gasteiger partial charge is 0.508 e. The Bertz CT molecular complexity index is 317. The zero-order valence-corrected chi connectivity index (χ0v) is 10.2. The molecule has 2 heterocycles. The summed E-state index contributed by atoms with van der Waals surface area (Å²) in [5.41, 5.74) is -0.322. The van der Waals surface area contributed by atoms with Gasteiger partial charge < -0.3 is 23.7 Å². The molecule has 7 heteroatoms. The van der Waals surface area contributed by atoms with Crippen LogP contribution in [0.4, 0.5) is 9.59 Å². The summed E-state index contributed by atoms with van der Waals surface area (Å²) >= 11 is 0. The third-order valence-corrected chi connectivity index (χ3v) is 3.10. The van der Waals surface area contributed by atoms with Gasteiger partial charge in [-0.05, 0) is 6.42 Å². The lowest BCUT2D eigenvalue weighted by Gasteiger charge is -2.34. The summed E-state index contributed by atoms with van der Waals surface area (Å²) in [6, 6.07) is 0. The Morgan fingerprint density at radius 1 is 1.22 bits per heavy atom. The Labute approximate surface area is 104 Å². The second kappa shape index (κ2) is 5.43. The minimum atomic E-state index is -0.663. The lowest BCUT2D eigenvalue weighted by Crippen LogP contribution is -2.43. The second-order valence-electron chi connectivity index (χ2n) is 4.50. The quantitative estimate of drug-likeness (QED) is 0.685. The molecule has 0 N–H and O–H groups in total. The molecule has 0 amide bonds. The lowest BCUT2D eigenvalue weighted by atomic mass is 9.87. The van der Waals surface area contributed by atoms with Crippen molar-refractivity contribution in [3.05, 3.63) is 0 Å². The molecule has 1 atom stereocenters. The fraction of sp³-hybridized carbons (Fsp3) is 0.818. The molecule has 2 saturated heterocycles. The van der Waals surface area contributed by atoms with Crippen LogP contribution in [0.1, 0.15) is 13.3 Å². The maximum absolute atomic E-state index is 10.8. The van der Waals surface area contributed by atoms with Crippen molar-refractivity contribution in [3.8, 4) is 0 Å².